The van der Waals surface area contributed by atoms with Crippen LogP contribution < -0.4 is 5.32 Å². The lowest BCUT2D eigenvalue weighted by Gasteiger charge is -2.37. The second-order valence-corrected chi connectivity index (χ2v) is 9.39. The molecule has 8 nitrogen and oxygen atoms in total. The summed E-state index contributed by atoms with van der Waals surface area (Å²) in [4.78, 5) is 25.0. The largest absolute Gasteiger partial charge is 0.336 e. The number of carbonyl (C=O) groups excluding carboxylic acids is 1. The van der Waals surface area contributed by atoms with Crippen LogP contribution in [0.25, 0.3) is 0 Å². The van der Waals surface area contributed by atoms with E-state index in [1.165, 1.54) is 0 Å². The highest BCUT2D eigenvalue weighted by Gasteiger charge is 2.34. The van der Waals surface area contributed by atoms with Crippen LogP contribution in [-0.4, -0.2) is 77.8 Å². The number of amides is 1. The number of piperazine rings is 1. The summed E-state index contributed by atoms with van der Waals surface area (Å²) in [5, 5.41) is 3.09. The Bertz CT molecular complexity index is 926. The van der Waals surface area contributed by atoms with Gasteiger partial charge in [0.2, 0.25) is 5.95 Å². The highest BCUT2D eigenvalue weighted by Crippen LogP contribution is 2.20. The van der Waals surface area contributed by atoms with Gasteiger partial charge >= 0.3 is 0 Å². The van der Waals surface area contributed by atoms with Crippen molar-refractivity contribution in [2.24, 2.45) is 0 Å². The first-order chi connectivity index (χ1) is 13.5. The van der Waals surface area contributed by atoms with E-state index >= 15 is 0 Å². The lowest BCUT2D eigenvalue weighted by Crippen LogP contribution is -2.52. The molecule has 0 radical (unpaired) electrons. The number of hydrogen-bond donors (Lipinski definition) is 1. The minimum absolute atomic E-state index is 0.00112. The number of nitrogens with one attached hydrogen (secondary N) is 1. The van der Waals surface area contributed by atoms with Crippen LogP contribution in [0.5, 0.6) is 0 Å². The summed E-state index contributed by atoms with van der Waals surface area (Å²) < 4.78 is 23.4. The average molecular weight is 401 g/mol. The summed E-state index contributed by atoms with van der Waals surface area (Å²) in [6.07, 6.45) is 4.03. The molecule has 2 aliphatic rings. The number of nitrogens with zero attached hydrogens (tertiary/aromatic N) is 4. The predicted octanol–water partition coefficient (Wildman–Crippen LogP) is 1.17. The lowest BCUT2D eigenvalue weighted by molar-refractivity contribution is 0.0588. The fourth-order valence-corrected chi connectivity index (χ4v) is 5.49. The molecule has 0 bridgehead atoms. The Morgan fingerprint density at radius 1 is 1.04 bits per heavy atom. The maximum atomic E-state index is 12.8. The number of anilines is 2. The minimum atomic E-state index is -2.88. The van der Waals surface area contributed by atoms with E-state index in [9.17, 15) is 13.2 Å². The molecule has 0 unspecified atom stereocenters. The molecule has 1 amide bonds. The maximum Gasteiger partial charge on any atom is 0.253 e. The van der Waals surface area contributed by atoms with Crippen LogP contribution in [0.4, 0.5) is 11.6 Å². The molecule has 2 aliphatic heterocycles. The molecule has 3 heterocycles. The van der Waals surface area contributed by atoms with Crippen LogP contribution in [0.15, 0.2) is 42.7 Å². The van der Waals surface area contributed by atoms with Crippen molar-refractivity contribution in [2.75, 3.05) is 43.0 Å². The van der Waals surface area contributed by atoms with Gasteiger partial charge in [0.25, 0.3) is 5.91 Å². The summed E-state index contributed by atoms with van der Waals surface area (Å²) in [6, 6.07) is 9.12. The predicted molar refractivity (Wildman–Crippen MR) is 106 cm³/mol. The number of sulfone groups is 1. The third kappa shape index (κ3) is 4.31. The molecule has 0 spiro atoms. The molecule has 28 heavy (non-hydrogen) atoms. The van der Waals surface area contributed by atoms with Gasteiger partial charge < -0.3 is 10.2 Å². The van der Waals surface area contributed by atoms with Gasteiger partial charge in [-0.2, -0.15) is 0 Å². The number of carbonyl (C=O) groups is 1. The zero-order valence-corrected chi connectivity index (χ0v) is 16.3. The van der Waals surface area contributed by atoms with Crippen molar-refractivity contribution >= 4 is 27.4 Å². The molecule has 2 aromatic rings. The molecular weight excluding hydrogens is 378 g/mol. The van der Waals surface area contributed by atoms with E-state index in [4.69, 9.17) is 0 Å². The molecule has 1 aromatic carbocycles. The molecular formula is C19H23N5O3S. The van der Waals surface area contributed by atoms with Crippen LogP contribution in [0, 0.1) is 0 Å². The Hall–Kier alpha value is -2.52. The molecule has 1 aromatic heterocycles. The summed E-state index contributed by atoms with van der Waals surface area (Å²) in [5.41, 5.74) is 1.45. The standard InChI is InChI=1S/C19H23N5O3S/c25-18(15-2-4-16(5-3-15)22-19-20-7-1-8-21-19)24-11-9-23(10-12-24)17-6-13-28(26,27)14-17/h1-5,7-8,17H,6,9-14H2,(H,20,21,22)/t17-/m1/s1. The van der Waals surface area contributed by atoms with Gasteiger partial charge in [-0.05, 0) is 36.8 Å². The van der Waals surface area contributed by atoms with Gasteiger partial charge in [-0.15, -0.1) is 0 Å². The van der Waals surface area contributed by atoms with Gasteiger partial charge in [0.1, 0.15) is 0 Å². The van der Waals surface area contributed by atoms with Crippen LogP contribution in [-0.2, 0) is 9.84 Å². The van der Waals surface area contributed by atoms with Crippen molar-refractivity contribution < 1.29 is 13.2 Å². The summed E-state index contributed by atoms with van der Waals surface area (Å²) in [5.74, 6) is 1.04. The Labute approximate surface area is 164 Å². The fourth-order valence-electron chi connectivity index (χ4n) is 3.72. The molecule has 148 valence electrons. The second-order valence-electron chi connectivity index (χ2n) is 7.16. The van der Waals surface area contributed by atoms with E-state index in [1.807, 2.05) is 17.0 Å². The molecule has 1 N–H and O–H groups in total. The van der Waals surface area contributed by atoms with Crippen molar-refractivity contribution in [1.29, 1.82) is 0 Å². The van der Waals surface area contributed by atoms with E-state index < -0.39 is 9.84 Å². The normalized spacial score (nSPS) is 22.1. The van der Waals surface area contributed by atoms with Crippen LogP contribution >= 0.6 is 0 Å². The smallest absolute Gasteiger partial charge is 0.253 e. The third-order valence-corrected chi connectivity index (χ3v) is 7.03. The van der Waals surface area contributed by atoms with Crippen molar-refractivity contribution in [3.8, 4) is 0 Å². The Kier molecular flexibility index (Phi) is 5.27. The van der Waals surface area contributed by atoms with Crippen LogP contribution in [0.3, 0.4) is 0 Å². The second kappa shape index (κ2) is 7.84. The minimum Gasteiger partial charge on any atom is -0.336 e. The van der Waals surface area contributed by atoms with E-state index in [0.29, 0.717) is 31.0 Å². The summed E-state index contributed by atoms with van der Waals surface area (Å²) in [7, 11) is -2.88. The van der Waals surface area contributed by atoms with E-state index in [-0.39, 0.29) is 23.5 Å². The third-order valence-electron chi connectivity index (χ3n) is 5.28. The van der Waals surface area contributed by atoms with Gasteiger partial charge in [0.05, 0.1) is 11.5 Å². The first kappa shape index (κ1) is 18.8. The highest BCUT2D eigenvalue weighted by atomic mass is 32.2. The first-order valence-electron chi connectivity index (χ1n) is 9.38. The quantitative estimate of drug-likeness (QED) is 0.821. The number of benzene rings is 1. The zero-order valence-electron chi connectivity index (χ0n) is 15.5. The molecule has 0 aliphatic carbocycles. The average Bonchev–Trinajstić information content (AvgIpc) is 3.09. The highest BCUT2D eigenvalue weighted by molar-refractivity contribution is 7.91. The Balaban J connectivity index is 1.32. The number of hydrogen-bond acceptors (Lipinski definition) is 7. The van der Waals surface area contributed by atoms with Crippen LogP contribution in [0.2, 0.25) is 0 Å². The summed E-state index contributed by atoms with van der Waals surface area (Å²) in [6.45, 7) is 2.67. The zero-order chi connectivity index (χ0) is 19.6. The molecule has 2 saturated heterocycles. The molecule has 1 atom stereocenters. The maximum absolute atomic E-state index is 12.8. The lowest BCUT2D eigenvalue weighted by atomic mass is 10.1. The molecule has 2 fully saturated rings. The fraction of sp³-hybridized carbons (Fsp3) is 0.421. The Morgan fingerprint density at radius 2 is 1.71 bits per heavy atom. The number of rotatable bonds is 4. The Morgan fingerprint density at radius 3 is 2.32 bits per heavy atom. The monoisotopic (exact) mass is 401 g/mol. The van der Waals surface area contributed by atoms with Crippen molar-refractivity contribution in [1.82, 2.24) is 19.8 Å². The topological polar surface area (TPSA) is 95.5 Å². The van der Waals surface area contributed by atoms with Crippen molar-refractivity contribution in [3.05, 3.63) is 48.3 Å². The molecule has 4 rings (SSSR count). The SMILES string of the molecule is O=C(c1ccc(Nc2ncccn2)cc1)N1CCN([C@@H]2CCS(=O)(=O)C2)CC1. The molecule has 0 saturated carbocycles. The van der Waals surface area contributed by atoms with E-state index in [1.54, 1.807) is 30.6 Å². The van der Waals surface area contributed by atoms with E-state index in [2.05, 4.69) is 20.2 Å². The van der Waals surface area contributed by atoms with Gasteiger partial charge in [-0.1, -0.05) is 0 Å². The summed E-state index contributed by atoms with van der Waals surface area (Å²) >= 11 is 0. The van der Waals surface area contributed by atoms with Crippen molar-refractivity contribution in [3.63, 3.8) is 0 Å². The number of aromatic nitrogens is 2. The van der Waals surface area contributed by atoms with Crippen LogP contribution in [0.1, 0.15) is 16.8 Å². The first-order valence-corrected chi connectivity index (χ1v) is 11.2. The molecule has 9 heteroatoms. The van der Waals surface area contributed by atoms with Gasteiger partial charge in [-0.3, -0.25) is 9.69 Å². The van der Waals surface area contributed by atoms with E-state index in [0.717, 1.165) is 18.8 Å². The van der Waals surface area contributed by atoms with Gasteiger partial charge in [0.15, 0.2) is 9.84 Å². The van der Waals surface area contributed by atoms with Crippen molar-refractivity contribution in [2.45, 2.75) is 12.5 Å². The van der Waals surface area contributed by atoms with Gasteiger partial charge in [-0.25, -0.2) is 18.4 Å². The van der Waals surface area contributed by atoms with Gasteiger partial charge in [0, 0.05) is 55.9 Å².